The van der Waals surface area contributed by atoms with Gasteiger partial charge in [-0.2, -0.15) is 0 Å². The van der Waals surface area contributed by atoms with Crippen molar-refractivity contribution in [2.45, 2.75) is 41.9 Å². The van der Waals surface area contributed by atoms with E-state index in [-0.39, 0.29) is 12.2 Å². The van der Waals surface area contributed by atoms with Gasteiger partial charge in [0.25, 0.3) is 0 Å². The van der Waals surface area contributed by atoms with Crippen LogP contribution in [0.2, 0.25) is 5.02 Å². The number of nitrogens with one attached hydrogen (secondary N) is 2. The van der Waals surface area contributed by atoms with Crippen molar-refractivity contribution in [1.29, 1.82) is 0 Å². The molecule has 0 radical (unpaired) electrons. The van der Waals surface area contributed by atoms with Gasteiger partial charge in [0.05, 0.1) is 30.3 Å². The van der Waals surface area contributed by atoms with Crippen LogP contribution >= 0.6 is 23.4 Å². The number of amides is 1. The fourth-order valence-electron chi connectivity index (χ4n) is 5.31. The molecule has 0 unspecified atom stereocenters. The fourth-order valence-corrected chi connectivity index (χ4v) is 6.34. The second kappa shape index (κ2) is 14.9. The fraction of sp³-hybridized carbons (Fsp3) is 0.273. The Kier molecular flexibility index (Phi) is 10.8. The molecule has 11 heteroatoms. The lowest BCUT2D eigenvalue weighted by molar-refractivity contribution is -0.119. The molecule has 4 aromatic rings. The minimum Gasteiger partial charge on any atom is -0.371 e. The average Bonchev–Trinajstić information content (AvgIpc) is 3.02. The lowest BCUT2D eigenvalue weighted by Gasteiger charge is -2.31. The van der Waals surface area contributed by atoms with Crippen LogP contribution in [0.3, 0.4) is 0 Å². The van der Waals surface area contributed by atoms with E-state index in [4.69, 9.17) is 22.1 Å². The second-order valence-electron chi connectivity index (χ2n) is 10.6. The van der Waals surface area contributed by atoms with Crippen LogP contribution in [0.25, 0.3) is 0 Å². The zero-order valence-corrected chi connectivity index (χ0v) is 25.3. The molecule has 1 aliphatic heterocycles. The maximum absolute atomic E-state index is 15.2. The molecule has 3 aromatic carbocycles. The largest absolute Gasteiger partial charge is 0.371 e. The molecule has 0 saturated carbocycles. The minimum absolute atomic E-state index is 0.0271. The molecule has 44 heavy (non-hydrogen) atoms. The summed E-state index contributed by atoms with van der Waals surface area (Å²) >= 11 is 7.67. The van der Waals surface area contributed by atoms with Crippen molar-refractivity contribution in [2.75, 3.05) is 24.2 Å². The zero-order valence-electron chi connectivity index (χ0n) is 23.7. The summed E-state index contributed by atoms with van der Waals surface area (Å²) in [5.74, 6) is -2.13. The molecule has 1 saturated heterocycles. The maximum Gasteiger partial charge on any atom is 0.240 e. The number of aromatic nitrogens is 1. The summed E-state index contributed by atoms with van der Waals surface area (Å²) in [6.45, 7) is 1.33. The molecule has 0 spiro atoms. The molecule has 0 bridgehead atoms. The van der Waals surface area contributed by atoms with E-state index in [0.29, 0.717) is 53.3 Å². The minimum atomic E-state index is -1.09. The van der Waals surface area contributed by atoms with E-state index in [9.17, 15) is 13.6 Å². The summed E-state index contributed by atoms with van der Waals surface area (Å²) in [4.78, 5) is 18.0. The molecule has 230 valence electrons. The number of ether oxygens (including phenoxy) is 1. The number of anilines is 1. The topological polar surface area (TPSA) is 89.3 Å². The summed E-state index contributed by atoms with van der Waals surface area (Å²) in [6, 6.07) is 17.8. The zero-order chi connectivity index (χ0) is 31.1. The van der Waals surface area contributed by atoms with Gasteiger partial charge in [0.1, 0.15) is 23.5 Å². The molecule has 2 heterocycles. The molecular formula is C33H32ClF3N4O2S. The Bertz CT molecular complexity index is 1500. The highest BCUT2D eigenvalue weighted by Gasteiger charge is 2.31. The lowest BCUT2D eigenvalue weighted by atomic mass is 9.84. The Morgan fingerprint density at radius 2 is 1.57 bits per heavy atom. The monoisotopic (exact) mass is 640 g/mol. The van der Waals surface area contributed by atoms with Gasteiger partial charge in [-0.3, -0.25) is 9.78 Å². The van der Waals surface area contributed by atoms with Gasteiger partial charge in [-0.25, -0.2) is 13.2 Å². The number of halogens is 4. The Morgan fingerprint density at radius 1 is 0.955 bits per heavy atom. The van der Waals surface area contributed by atoms with Gasteiger partial charge in [0, 0.05) is 40.2 Å². The summed E-state index contributed by atoms with van der Waals surface area (Å²) < 4.78 is 49.1. The van der Waals surface area contributed by atoms with Crippen LogP contribution in [0.4, 0.5) is 18.9 Å². The number of rotatable bonds is 12. The van der Waals surface area contributed by atoms with Gasteiger partial charge < -0.3 is 21.1 Å². The predicted octanol–water partition coefficient (Wildman–Crippen LogP) is 6.33. The van der Waals surface area contributed by atoms with E-state index in [2.05, 4.69) is 15.6 Å². The number of thioether (sulfide) groups is 1. The second-order valence-corrected chi connectivity index (χ2v) is 12.1. The molecule has 6 nitrogen and oxygen atoms in total. The van der Waals surface area contributed by atoms with Crippen LogP contribution in [-0.2, 0) is 16.0 Å². The molecule has 1 aliphatic rings. The summed E-state index contributed by atoms with van der Waals surface area (Å²) in [6.07, 6.45) is 3.22. The van der Waals surface area contributed by atoms with E-state index >= 15 is 4.39 Å². The number of morpholine rings is 1. The van der Waals surface area contributed by atoms with Crippen molar-refractivity contribution in [3.05, 3.63) is 124 Å². The third-order valence-corrected chi connectivity index (χ3v) is 8.90. The number of nitrogens with zero attached hydrogens (tertiary/aromatic N) is 1. The molecule has 3 atom stereocenters. The Labute approximate surface area is 263 Å². The molecule has 1 amide bonds. The van der Waals surface area contributed by atoms with Crippen molar-refractivity contribution >= 4 is 35.0 Å². The summed E-state index contributed by atoms with van der Waals surface area (Å²) in [7, 11) is 0. The SMILES string of the molecule is NC(=O)[C@H](Nc1cncc(F)c1CC[C@@H]1CNC[C@@H](CSc2ccc(Cl)cc2)O1)C(c1ccc(F)cc1)c1ccc(F)cc1. The predicted molar refractivity (Wildman–Crippen MR) is 167 cm³/mol. The van der Waals surface area contributed by atoms with Crippen molar-refractivity contribution in [3.63, 3.8) is 0 Å². The molecule has 5 rings (SSSR count). The highest BCUT2D eigenvalue weighted by molar-refractivity contribution is 7.99. The number of carbonyl (C=O) groups is 1. The maximum atomic E-state index is 15.2. The Hall–Kier alpha value is -3.57. The standard InChI is InChI=1S/C33H32ClF3N4O2S/c34-22-5-12-27(13-6-22)44-19-26-16-39-15-25(43-26)11-14-28-29(37)17-40-18-30(28)41-32(33(38)42)31(20-1-7-23(35)8-2-20)21-3-9-24(36)10-4-21/h1-10,12-13,17-18,25-26,31-32,39,41H,11,14-16,19H2,(H2,38,42)/t25-,26+,32-/m1/s1. The van der Waals surface area contributed by atoms with E-state index < -0.39 is 35.3 Å². The number of benzene rings is 3. The first-order valence-electron chi connectivity index (χ1n) is 14.2. The average molecular weight is 641 g/mol. The van der Waals surface area contributed by atoms with Gasteiger partial charge in [0.15, 0.2) is 0 Å². The van der Waals surface area contributed by atoms with Gasteiger partial charge in [0.2, 0.25) is 5.91 Å². The third kappa shape index (κ3) is 8.32. The first kappa shape index (κ1) is 31.8. The highest BCUT2D eigenvalue weighted by atomic mass is 35.5. The van der Waals surface area contributed by atoms with Crippen LogP contribution in [0.5, 0.6) is 0 Å². The van der Waals surface area contributed by atoms with Crippen molar-refractivity contribution in [3.8, 4) is 0 Å². The normalized spacial score (nSPS) is 17.4. The van der Waals surface area contributed by atoms with E-state index in [1.54, 1.807) is 36.0 Å². The Morgan fingerprint density at radius 3 is 2.18 bits per heavy atom. The number of hydrogen-bond acceptors (Lipinski definition) is 6. The number of hydrogen-bond donors (Lipinski definition) is 3. The van der Waals surface area contributed by atoms with Gasteiger partial charge in [-0.15, -0.1) is 11.8 Å². The van der Waals surface area contributed by atoms with Crippen LogP contribution in [-0.4, -0.2) is 48.0 Å². The van der Waals surface area contributed by atoms with Crippen molar-refractivity contribution in [1.82, 2.24) is 10.3 Å². The van der Waals surface area contributed by atoms with Gasteiger partial charge >= 0.3 is 0 Å². The Balaban J connectivity index is 1.31. The van der Waals surface area contributed by atoms with Crippen LogP contribution in [0, 0.1) is 17.5 Å². The highest BCUT2D eigenvalue weighted by Crippen LogP contribution is 2.32. The van der Waals surface area contributed by atoms with Crippen molar-refractivity contribution in [2.24, 2.45) is 5.73 Å². The third-order valence-electron chi connectivity index (χ3n) is 7.51. The number of carbonyl (C=O) groups excluding carboxylic acids is 1. The van der Waals surface area contributed by atoms with Crippen LogP contribution in [0.15, 0.2) is 90.1 Å². The molecule has 0 aliphatic carbocycles. The van der Waals surface area contributed by atoms with Gasteiger partial charge in [-0.05, 0) is 72.5 Å². The van der Waals surface area contributed by atoms with E-state index in [1.165, 1.54) is 30.5 Å². The molecule has 4 N–H and O–H groups in total. The number of nitrogens with two attached hydrogens (primary N) is 1. The van der Waals surface area contributed by atoms with E-state index in [1.807, 2.05) is 24.3 Å². The van der Waals surface area contributed by atoms with Crippen LogP contribution < -0.4 is 16.4 Å². The van der Waals surface area contributed by atoms with Crippen molar-refractivity contribution < 1.29 is 22.7 Å². The molecular weight excluding hydrogens is 609 g/mol. The summed E-state index contributed by atoms with van der Waals surface area (Å²) in [5.41, 5.74) is 7.68. The number of pyridine rings is 1. The smallest absolute Gasteiger partial charge is 0.240 e. The van der Waals surface area contributed by atoms with E-state index in [0.717, 1.165) is 16.8 Å². The quantitative estimate of drug-likeness (QED) is 0.157. The van der Waals surface area contributed by atoms with Gasteiger partial charge in [-0.1, -0.05) is 35.9 Å². The first-order chi connectivity index (χ1) is 21.3. The molecule has 1 fully saturated rings. The summed E-state index contributed by atoms with van der Waals surface area (Å²) in [5, 5.41) is 7.21. The number of primary amides is 1. The first-order valence-corrected chi connectivity index (χ1v) is 15.6. The molecule has 1 aromatic heterocycles. The lowest BCUT2D eigenvalue weighted by Crippen LogP contribution is -2.46. The van der Waals surface area contributed by atoms with Crippen LogP contribution in [0.1, 0.15) is 29.0 Å².